The summed E-state index contributed by atoms with van der Waals surface area (Å²) in [6, 6.07) is 6.41. The van der Waals surface area contributed by atoms with Crippen molar-refractivity contribution in [1.82, 2.24) is 0 Å². The molecule has 0 fully saturated rings. The molecule has 1 aliphatic heterocycles. The van der Waals surface area contributed by atoms with Gasteiger partial charge >= 0.3 is 0 Å². The molecular weight excluding hydrogens is 243 g/mol. The molecule has 0 saturated carbocycles. The molecular formula is C12H16Cl2N2. The van der Waals surface area contributed by atoms with E-state index in [1.54, 1.807) is 0 Å². The Bertz CT molecular complexity index is 402. The lowest BCUT2D eigenvalue weighted by atomic mass is 10.2. The molecule has 4 heteroatoms. The fourth-order valence-electron chi connectivity index (χ4n) is 1.73. The number of anilines is 1. The summed E-state index contributed by atoms with van der Waals surface area (Å²) in [6.45, 7) is 4.19. The van der Waals surface area contributed by atoms with E-state index >= 15 is 0 Å². The average Bonchev–Trinajstić information content (AvgIpc) is 2.58. The van der Waals surface area contributed by atoms with Crippen LogP contribution in [0.3, 0.4) is 0 Å². The third-order valence-corrected chi connectivity index (χ3v) is 2.91. The first-order valence-electron chi connectivity index (χ1n) is 5.25. The highest BCUT2D eigenvalue weighted by atomic mass is 35.5. The first-order chi connectivity index (χ1) is 7.15. The van der Waals surface area contributed by atoms with E-state index in [0.29, 0.717) is 6.04 Å². The number of halogens is 2. The van der Waals surface area contributed by atoms with Gasteiger partial charge in [0.05, 0.1) is 10.7 Å². The molecule has 0 aliphatic carbocycles. The number of aliphatic imine (C=N–C) groups is 1. The van der Waals surface area contributed by atoms with Crippen LogP contribution in [0.5, 0.6) is 0 Å². The van der Waals surface area contributed by atoms with Crippen molar-refractivity contribution in [3.05, 3.63) is 28.8 Å². The van der Waals surface area contributed by atoms with Crippen molar-refractivity contribution in [1.29, 1.82) is 0 Å². The van der Waals surface area contributed by atoms with Crippen LogP contribution in [-0.4, -0.2) is 11.9 Å². The fourth-order valence-corrected chi connectivity index (χ4v) is 1.89. The second-order valence-corrected chi connectivity index (χ2v) is 4.48. The van der Waals surface area contributed by atoms with Gasteiger partial charge in [-0.3, -0.25) is 4.99 Å². The van der Waals surface area contributed by atoms with Crippen molar-refractivity contribution in [2.45, 2.75) is 32.7 Å². The second kappa shape index (κ2) is 5.55. The number of nitrogens with zero attached hydrogens (tertiary/aromatic N) is 1. The summed E-state index contributed by atoms with van der Waals surface area (Å²) in [5, 5.41) is 4.05. The number of amidine groups is 1. The lowest BCUT2D eigenvalue weighted by molar-refractivity contribution is 0.739. The predicted molar refractivity (Wildman–Crippen MR) is 73.2 cm³/mol. The van der Waals surface area contributed by atoms with Crippen LogP contribution in [0.15, 0.2) is 23.2 Å². The Hall–Kier alpha value is -0.730. The van der Waals surface area contributed by atoms with Gasteiger partial charge in [-0.05, 0) is 38.0 Å². The highest BCUT2D eigenvalue weighted by Gasteiger charge is 2.13. The molecule has 88 valence electrons. The molecule has 1 N–H and O–H groups in total. The maximum atomic E-state index is 6.09. The topological polar surface area (TPSA) is 24.4 Å². The molecule has 2 nitrogen and oxygen atoms in total. The number of nitrogens with one attached hydrogen (secondary N) is 1. The van der Waals surface area contributed by atoms with Crippen LogP contribution in [-0.2, 0) is 0 Å². The first-order valence-corrected chi connectivity index (χ1v) is 5.63. The van der Waals surface area contributed by atoms with Crippen LogP contribution in [0, 0.1) is 6.92 Å². The third-order valence-electron chi connectivity index (χ3n) is 2.58. The number of benzene rings is 1. The van der Waals surface area contributed by atoms with Gasteiger partial charge in [-0.25, -0.2) is 0 Å². The minimum atomic E-state index is 0. The van der Waals surface area contributed by atoms with Gasteiger partial charge < -0.3 is 5.32 Å². The van der Waals surface area contributed by atoms with E-state index in [4.69, 9.17) is 11.6 Å². The molecule has 0 saturated heterocycles. The normalized spacial score (nSPS) is 18.9. The van der Waals surface area contributed by atoms with Gasteiger partial charge in [-0.15, -0.1) is 12.4 Å². The SMILES string of the molecule is Cc1ccc(Cl)c(NC2=NC(C)CC2)c1.Cl. The van der Waals surface area contributed by atoms with Crippen molar-refractivity contribution in [3.63, 3.8) is 0 Å². The molecule has 1 atom stereocenters. The van der Waals surface area contributed by atoms with Crippen molar-refractivity contribution in [3.8, 4) is 0 Å². The average molecular weight is 259 g/mol. The monoisotopic (exact) mass is 258 g/mol. The Morgan fingerprint density at radius 3 is 2.81 bits per heavy atom. The molecule has 0 amide bonds. The zero-order valence-corrected chi connectivity index (χ0v) is 11.0. The molecule has 0 aromatic heterocycles. The molecule has 16 heavy (non-hydrogen) atoms. The van der Waals surface area contributed by atoms with Crippen LogP contribution in [0.1, 0.15) is 25.3 Å². The number of hydrogen-bond donors (Lipinski definition) is 1. The van der Waals surface area contributed by atoms with Crippen LogP contribution >= 0.6 is 24.0 Å². The van der Waals surface area contributed by atoms with E-state index in [9.17, 15) is 0 Å². The van der Waals surface area contributed by atoms with Crippen molar-refractivity contribution < 1.29 is 0 Å². The van der Waals surface area contributed by atoms with E-state index in [-0.39, 0.29) is 12.4 Å². The summed E-state index contributed by atoms with van der Waals surface area (Å²) in [4.78, 5) is 4.50. The van der Waals surface area contributed by atoms with E-state index in [1.165, 1.54) is 5.56 Å². The minimum Gasteiger partial charge on any atom is -0.343 e. The van der Waals surface area contributed by atoms with Crippen LogP contribution < -0.4 is 5.32 Å². The van der Waals surface area contributed by atoms with E-state index in [0.717, 1.165) is 29.4 Å². The van der Waals surface area contributed by atoms with E-state index in [1.807, 2.05) is 18.2 Å². The van der Waals surface area contributed by atoms with Crippen molar-refractivity contribution in [2.75, 3.05) is 5.32 Å². The summed E-state index contributed by atoms with van der Waals surface area (Å²) in [5.41, 5.74) is 2.16. The van der Waals surface area contributed by atoms with Crippen LogP contribution in [0.4, 0.5) is 5.69 Å². The maximum Gasteiger partial charge on any atom is 0.101 e. The fraction of sp³-hybridized carbons (Fsp3) is 0.417. The minimum absolute atomic E-state index is 0. The standard InChI is InChI=1S/C12H15ClN2.ClH/c1-8-3-5-10(13)11(7-8)15-12-6-4-9(2)14-12;/h3,5,7,9H,4,6H2,1-2H3,(H,14,15);1H. The highest BCUT2D eigenvalue weighted by molar-refractivity contribution is 6.33. The summed E-state index contributed by atoms with van der Waals surface area (Å²) in [7, 11) is 0. The Labute approximate surface area is 108 Å². The summed E-state index contributed by atoms with van der Waals surface area (Å²) >= 11 is 6.09. The maximum absolute atomic E-state index is 6.09. The van der Waals surface area contributed by atoms with E-state index < -0.39 is 0 Å². The molecule has 0 bridgehead atoms. The molecule has 1 aromatic rings. The lowest BCUT2D eigenvalue weighted by Gasteiger charge is -2.08. The van der Waals surface area contributed by atoms with Crippen molar-refractivity contribution in [2.24, 2.45) is 4.99 Å². The highest BCUT2D eigenvalue weighted by Crippen LogP contribution is 2.24. The zero-order chi connectivity index (χ0) is 10.8. The second-order valence-electron chi connectivity index (χ2n) is 4.07. The van der Waals surface area contributed by atoms with Gasteiger partial charge in [0.2, 0.25) is 0 Å². The van der Waals surface area contributed by atoms with Crippen LogP contribution in [0.2, 0.25) is 5.02 Å². The Morgan fingerprint density at radius 2 is 2.19 bits per heavy atom. The van der Waals surface area contributed by atoms with Crippen LogP contribution in [0.25, 0.3) is 0 Å². The van der Waals surface area contributed by atoms with Gasteiger partial charge in [0.15, 0.2) is 0 Å². The zero-order valence-electron chi connectivity index (χ0n) is 9.46. The lowest BCUT2D eigenvalue weighted by Crippen LogP contribution is -2.08. The molecule has 1 heterocycles. The number of aryl methyl sites for hydroxylation is 1. The smallest absolute Gasteiger partial charge is 0.101 e. The first kappa shape index (κ1) is 13.3. The molecule has 2 rings (SSSR count). The van der Waals surface area contributed by atoms with Gasteiger partial charge in [0.1, 0.15) is 5.84 Å². The summed E-state index contributed by atoms with van der Waals surface area (Å²) in [6.07, 6.45) is 2.15. The summed E-state index contributed by atoms with van der Waals surface area (Å²) in [5.74, 6) is 1.05. The molecule has 0 spiro atoms. The molecule has 0 radical (unpaired) electrons. The Morgan fingerprint density at radius 1 is 1.44 bits per heavy atom. The molecule has 1 aromatic carbocycles. The largest absolute Gasteiger partial charge is 0.343 e. The molecule has 1 aliphatic rings. The molecule has 1 unspecified atom stereocenters. The van der Waals surface area contributed by atoms with E-state index in [2.05, 4.69) is 24.2 Å². The van der Waals surface area contributed by atoms with Gasteiger partial charge in [0, 0.05) is 12.5 Å². The van der Waals surface area contributed by atoms with Gasteiger partial charge in [0.25, 0.3) is 0 Å². The Balaban J connectivity index is 0.00000128. The Kier molecular flexibility index (Phi) is 4.63. The summed E-state index contributed by atoms with van der Waals surface area (Å²) < 4.78 is 0. The third kappa shape index (κ3) is 3.13. The predicted octanol–water partition coefficient (Wildman–Crippen LogP) is 4.06. The number of hydrogen-bond acceptors (Lipinski definition) is 2. The van der Waals surface area contributed by atoms with Gasteiger partial charge in [-0.1, -0.05) is 17.7 Å². The van der Waals surface area contributed by atoms with Crippen molar-refractivity contribution >= 4 is 35.5 Å². The quantitative estimate of drug-likeness (QED) is 0.807. The van der Waals surface area contributed by atoms with Gasteiger partial charge in [-0.2, -0.15) is 0 Å². The number of rotatable bonds is 1.